The average Bonchev–Trinajstić information content (AvgIpc) is 2.98. The second kappa shape index (κ2) is 7.61. The van der Waals surface area contributed by atoms with Crippen LogP contribution in [0.4, 0.5) is 4.39 Å². The summed E-state index contributed by atoms with van der Waals surface area (Å²) in [7, 11) is 1.58. The van der Waals surface area contributed by atoms with Crippen LogP contribution in [0.3, 0.4) is 0 Å². The molecule has 1 aromatic heterocycles. The van der Waals surface area contributed by atoms with Gasteiger partial charge in [0, 0.05) is 12.0 Å². The van der Waals surface area contributed by atoms with Gasteiger partial charge in [-0.1, -0.05) is 32.6 Å². The number of benzene rings is 1. The Kier molecular flexibility index (Phi) is 5.52. The minimum Gasteiger partial charge on any atom is -0.494 e. The molecule has 2 nitrogen and oxygen atoms in total. The molecule has 0 saturated heterocycles. The van der Waals surface area contributed by atoms with Crippen molar-refractivity contribution in [2.24, 2.45) is 5.92 Å². The van der Waals surface area contributed by atoms with Crippen molar-refractivity contribution in [3.63, 3.8) is 0 Å². The molecule has 1 aliphatic carbocycles. The van der Waals surface area contributed by atoms with Gasteiger partial charge in [-0.05, 0) is 37.7 Å². The molecule has 23 heavy (non-hydrogen) atoms. The van der Waals surface area contributed by atoms with E-state index in [2.05, 4.69) is 6.92 Å². The molecule has 4 heteroatoms. The van der Waals surface area contributed by atoms with E-state index in [1.54, 1.807) is 24.5 Å². The van der Waals surface area contributed by atoms with Crippen molar-refractivity contribution in [2.45, 2.75) is 64.2 Å². The van der Waals surface area contributed by atoms with E-state index in [-0.39, 0.29) is 5.82 Å². The maximum atomic E-state index is 13.6. The minimum atomic E-state index is -0.246. The molecule has 0 atom stereocenters. The van der Waals surface area contributed by atoms with Crippen LogP contribution in [0.15, 0.2) is 12.1 Å². The molecule has 2 aromatic rings. The van der Waals surface area contributed by atoms with Crippen molar-refractivity contribution < 1.29 is 9.13 Å². The highest BCUT2D eigenvalue weighted by molar-refractivity contribution is 7.18. The van der Waals surface area contributed by atoms with Crippen LogP contribution in [0, 0.1) is 11.7 Å². The number of hydrogen-bond donors (Lipinski definition) is 0. The van der Waals surface area contributed by atoms with E-state index in [1.807, 2.05) is 0 Å². The molecule has 0 aliphatic heterocycles. The third-order valence-corrected chi connectivity index (χ3v) is 6.24. The Bertz CT molecular complexity index is 646. The highest BCUT2D eigenvalue weighted by Gasteiger charge is 2.25. The Balaban J connectivity index is 1.68. The maximum Gasteiger partial charge on any atom is 0.148 e. The monoisotopic (exact) mass is 335 g/mol. The summed E-state index contributed by atoms with van der Waals surface area (Å²) in [6.45, 7) is 2.27. The zero-order chi connectivity index (χ0) is 16.2. The molecule has 1 aromatic carbocycles. The molecule has 0 N–H and O–H groups in total. The second-order valence-corrected chi connectivity index (χ2v) is 7.78. The normalized spacial score (nSPS) is 21.7. The second-order valence-electron chi connectivity index (χ2n) is 6.72. The smallest absolute Gasteiger partial charge is 0.148 e. The lowest BCUT2D eigenvalue weighted by molar-refractivity contribution is 0.302. The molecule has 126 valence electrons. The van der Waals surface area contributed by atoms with E-state index in [9.17, 15) is 4.39 Å². The summed E-state index contributed by atoms with van der Waals surface area (Å²) in [6, 6.07) is 3.01. The molecular weight excluding hydrogens is 309 g/mol. The number of aromatic nitrogens is 1. The average molecular weight is 335 g/mol. The van der Waals surface area contributed by atoms with Crippen LogP contribution >= 0.6 is 11.3 Å². The highest BCUT2D eigenvalue weighted by Crippen LogP contribution is 2.41. The van der Waals surface area contributed by atoms with Crippen molar-refractivity contribution in [2.75, 3.05) is 7.11 Å². The van der Waals surface area contributed by atoms with Crippen LogP contribution in [0.1, 0.15) is 69.2 Å². The van der Waals surface area contributed by atoms with E-state index in [1.165, 1.54) is 57.4 Å². The maximum absolute atomic E-state index is 13.6. The Morgan fingerprint density at radius 2 is 2.00 bits per heavy atom. The number of ether oxygens (including phenoxy) is 1. The van der Waals surface area contributed by atoms with Crippen LogP contribution in [0.2, 0.25) is 0 Å². The van der Waals surface area contributed by atoms with Gasteiger partial charge in [0.1, 0.15) is 17.1 Å². The summed E-state index contributed by atoms with van der Waals surface area (Å²) in [4.78, 5) is 4.78. The van der Waals surface area contributed by atoms with Gasteiger partial charge in [0.15, 0.2) is 0 Å². The molecule has 3 rings (SSSR count). The zero-order valence-corrected chi connectivity index (χ0v) is 14.9. The Hall–Kier alpha value is -1.16. The molecule has 0 unspecified atom stereocenters. The van der Waals surface area contributed by atoms with Crippen LogP contribution in [-0.4, -0.2) is 12.1 Å². The van der Waals surface area contributed by atoms with Crippen molar-refractivity contribution in [1.82, 2.24) is 4.98 Å². The van der Waals surface area contributed by atoms with Gasteiger partial charge in [0.2, 0.25) is 0 Å². The summed E-state index contributed by atoms with van der Waals surface area (Å²) < 4.78 is 19.8. The number of rotatable bonds is 6. The summed E-state index contributed by atoms with van der Waals surface area (Å²) >= 11 is 1.64. The van der Waals surface area contributed by atoms with E-state index < -0.39 is 0 Å². The molecule has 1 heterocycles. The van der Waals surface area contributed by atoms with Crippen LogP contribution in [0.25, 0.3) is 10.2 Å². The number of hydrogen-bond acceptors (Lipinski definition) is 3. The first-order valence-corrected chi connectivity index (χ1v) is 9.67. The first kappa shape index (κ1) is 16.7. The number of thiazole rings is 1. The van der Waals surface area contributed by atoms with Crippen molar-refractivity contribution in [1.29, 1.82) is 0 Å². The van der Waals surface area contributed by atoms with E-state index in [0.717, 1.165) is 21.1 Å². The van der Waals surface area contributed by atoms with Gasteiger partial charge in [-0.25, -0.2) is 9.37 Å². The Labute approximate surface area is 142 Å². The molecule has 0 amide bonds. The molecule has 1 fully saturated rings. The summed E-state index contributed by atoms with van der Waals surface area (Å²) in [5.41, 5.74) is 0.818. The molecule has 1 aliphatic rings. The van der Waals surface area contributed by atoms with Crippen LogP contribution in [0.5, 0.6) is 5.75 Å². The van der Waals surface area contributed by atoms with Crippen molar-refractivity contribution in [3.05, 3.63) is 23.0 Å². The van der Waals surface area contributed by atoms with Crippen molar-refractivity contribution >= 4 is 21.6 Å². The van der Waals surface area contributed by atoms with E-state index >= 15 is 0 Å². The first-order valence-electron chi connectivity index (χ1n) is 8.85. The third-order valence-electron chi connectivity index (χ3n) is 5.07. The first-order chi connectivity index (χ1) is 11.2. The molecule has 0 bridgehead atoms. The largest absolute Gasteiger partial charge is 0.494 e. The predicted octanol–water partition coefficient (Wildman–Crippen LogP) is 6.30. The molecular formula is C19H26FNOS. The lowest BCUT2D eigenvalue weighted by Crippen LogP contribution is -2.13. The van der Waals surface area contributed by atoms with Crippen LogP contribution < -0.4 is 4.74 Å². The number of nitrogens with zero attached hydrogens (tertiary/aromatic N) is 1. The fourth-order valence-electron chi connectivity index (χ4n) is 3.70. The van der Waals surface area contributed by atoms with E-state index in [4.69, 9.17) is 9.72 Å². The van der Waals surface area contributed by atoms with Gasteiger partial charge >= 0.3 is 0 Å². The minimum absolute atomic E-state index is 0.246. The van der Waals surface area contributed by atoms with Gasteiger partial charge in [-0.2, -0.15) is 0 Å². The molecule has 0 radical (unpaired) electrons. The van der Waals surface area contributed by atoms with E-state index in [0.29, 0.717) is 11.7 Å². The summed E-state index contributed by atoms with van der Waals surface area (Å²) in [5, 5.41) is 1.16. The summed E-state index contributed by atoms with van der Waals surface area (Å²) in [5.74, 6) is 1.75. The third kappa shape index (κ3) is 3.85. The quantitative estimate of drug-likeness (QED) is 0.578. The van der Waals surface area contributed by atoms with Gasteiger partial charge in [0.05, 0.1) is 16.8 Å². The zero-order valence-electron chi connectivity index (χ0n) is 14.1. The van der Waals surface area contributed by atoms with Gasteiger partial charge in [-0.3, -0.25) is 0 Å². The standard InChI is InChI=1S/C19H26FNOS/c1-3-4-5-6-13-7-9-14(10-8-13)19-21-18-16(22-2)11-15(20)12-17(18)23-19/h11-14H,3-10H2,1-2H3. The SMILES string of the molecule is CCCCCC1CCC(c2nc3c(OC)cc(F)cc3s2)CC1. The number of halogens is 1. The topological polar surface area (TPSA) is 22.1 Å². The lowest BCUT2D eigenvalue weighted by Gasteiger charge is -2.27. The van der Waals surface area contributed by atoms with Crippen LogP contribution in [-0.2, 0) is 0 Å². The number of methoxy groups -OCH3 is 1. The lowest BCUT2D eigenvalue weighted by atomic mass is 9.80. The van der Waals surface area contributed by atoms with Gasteiger partial charge in [-0.15, -0.1) is 11.3 Å². The summed E-state index contributed by atoms with van der Waals surface area (Å²) in [6.07, 6.45) is 10.5. The Morgan fingerprint density at radius 3 is 2.70 bits per heavy atom. The fraction of sp³-hybridized carbons (Fsp3) is 0.632. The highest BCUT2D eigenvalue weighted by atomic mass is 32.1. The molecule has 0 spiro atoms. The van der Waals surface area contributed by atoms with Gasteiger partial charge < -0.3 is 4.74 Å². The number of fused-ring (bicyclic) bond motifs is 1. The molecule has 1 saturated carbocycles. The number of unbranched alkanes of at least 4 members (excludes halogenated alkanes) is 2. The fourth-order valence-corrected chi connectivity index (χ4v) is 4.87. The Morgan fingerprint density at radius 1 is 1.22 bits per heavy atom. The van der Waals surface area contributed by atoms with Gasteiger partial charge in [0.25, 0.3) is 0 Å². The van der Waals surface area contributed by atoms with Crippen molar-refractivity contribution in [3.8, 4) is 5.75 Å². The predicted molar refractivity (Wildman–Crippen MR) is 95.0 cm³/mol.